The van der Waals surface area contributed by atoms with Crippen LogP contribution in [0.15, 0.2) is 18.3 Å². The first kappa shape index (κ1) is 12.5. The van der Waals surface area contributed by atoms with Crippen molar-refractivity contribution >= 4 is 11.8 Å². The Labute approximate surface area is 96.0 Å². The summed E-state index contributed by atoms with van der Waals surface area (Å²) in [6.07, 6.45) is 2.63. The van der Waals surface area contributed by atoms with Crippen LogP contribution in [0.4, 0.5) is 5.82 Å². The van der Waals surface area contributed by atoms with Crippen molar-refractivity contribution in [2.45, 2.75) is 33.2 Å². The molecule has 88 valence electrons. The van der Waals surface area contributed by atoms with Gasteiger partial charge in [-0.05, 0) is 32.4 Å². The van der Waals surface area contributed by atoms with Gasteiger partial charge in [0.25, 0.3) is 0 Å². The van der Waals surface area contributed by atoms with Gasteiger partial charge in [-0.15, -0.1) is 0 Å². The van der Waals surface area contributed by atoms with Gasteiger partial charge in [-0.1, -0.05) is 6.92 Å². The quantitative estimate of drug-likeness (QED) is 0.777. The second-order valence-electron chi connectivity index (χ2n) is 3.57. The molecule has 1 aromatic heterocycles. The van der Waals surface area contributed by atoms with Crippen LogP contribution in [0.3, 0.4) is 0 Å². The van der Waals surface area contributed by atoms with Gasteiger partial charge in [-0.3, -0.25) is 0 Å². The molecule has 0 fully saturated rings. The predicted molar refractivity (Wildman–Crippen MR) is 63.6 cm³/mol. The Morgan fingerprint density at radius 2 is 2.31 bits per heavy atom. The zero-order valence-corrected chi connectivity index (χ0v) is 9.99. The molecule has 0 aliphatic heterocycles. The van der Waals surface area contributed by atoms with Crippen LogP contribution in [0, 0.1) is 0 Å². The number of hydrogen-bond donors (Lipinski definition) is 1. The molecule has 0 radical (unpaired) electrons. The number of nitrogens with one attached hydrogen (secondary N) is 1. The van der Waals surface area contributed by atoms with Crippen LogP contribution < -0.4 is 5.32 Å². The molecule has 0 amide bonds. The number of aromatic nitrogens is 1. The Morgan fingerprint density at radius 1 is 1.56 bits per heavy atom. The van der Waals surface area contributed by atoms with Crippen LogP contribution in [-0.4, -0.2) is 23.6 Å². The molecule has 1 heterocycles. The van der Waals surface area contributed by atoms with Crippen LogP contribution in [0.25, 0.3) is 0 Å². The SMILES string of the molecule is CCOC(=O)c1cccnc1NC(C)CC. The van der Waals surface area contributed by atoms with E-state index in [2.05, 4.69) is 17.2 Å². The average molecular weight is 222 g/mol. The highest BCUT2D eigenvalue weighted by Crippen LogP contribution is 2.14. The minimum absolute atomic E-state index is 0.281. The van der Waals surface area contributed by atoms with Crippen molar-refractivity contribution in [1.82, 2.24) is 4.98 Å². The monoisotopic (exact) mass is 222 g/mol. The first-order valence-electron chi connectivity index (χ1n) is 5.57. The molecule has 0 spiro atoms. The molecule has 1 N–H and O–H groups in total. The molecule has 0 bridgehead atoms. The van der Waals surface area contributed by atoms with E-state index in [1.807, 2.05) is 6.92 Å². The molecule has 1 atom stereocenters. The Morgan fingerprint density at radius 3 is 2.94 bits per heavy atom. The zero-order chi connectivity index (χ0) is 12.0. The van der Waals surface area contributed by atoms with Gasteiger partial charge in [0, 0.05) is 12.2 Å². The first-order chi connectivity index (χ1) is 7.69. The molecule has 0 aliphatic carbocycles. The van der Waals surface area contributed by atoms with Gasteiger partial charge in [0.2, 0.25) is 0 Å². The molecule has 1 unspecified atom stereocenters. The Balaban J connectivity index is 2.87. The number of esters is 1. The minimum atomic E-state index is -0.332. The van der Waals surface area contributed by atoms with E-state index in [-0.39, 0.29) is 12.0 Å². The van der Waals surface area contributed by atoms with Crippen molar-refractivity contribution in [1.29, 1.82) is 0 Å². The summed E-state index contributed by atoms with van der Waals surface area (Å²) in [5.74, 6) is 0.261. The molecule has 0 saturated carbocycles. The molecule has 0 saturated heterocycles. The summed E-state index contributed by atoms with van der Waals surface area (Å²) in [4.78, 5) is 15.8. The smallest absolute Gasteiger partial charge is 0.341 e. The number of carbonyl (C=O) groups is 1. The highest BCUT2D eigenvalue weighted by molar-refractivity contribution is 5.94. The number of anilines is 1. The van der Waals surface area contributed by atoms with Crippen molar-refractivity contribution in [3.05, 3.63) is 23.9 Å². The van der Waals surface area contributed by atoms with Gasteiger partial charge in [0.05, 0.1) is 6.61 Å². The lowest BCUT2D eigenvalue weighted by Crippen LogP contribution is -2.18. The topological polar surface area (TPSA) is 51.2 Å². The lowest BCUT2D eigenvalue weighted by Gasteiger charge is -2.14. The van der Waals surface area contributed by atoms with E-state index in [1.165, 1.54) is 0 Å². The van der Waals surface area contributed by atoms with Crippen molar-refractivity contribution < 1.29 is 9.53 Å². The third-order valence-corrected chi connectivity index (χ3v) is 2.30. The van der Waals surface area contributed by atoms with Crippen molar-refractivity contribution in [2.75, 3.05) is 11.9 Å². The van der Waals surface area contributed by atoms with Gasteiger partial charge in [-0.2, -0.15) is 0 Å². The summed E-state index contributed by atoms with van der Waals surface area (Å²) >= 11 is 0. The summed E-state index contributed by atoms with van der Waals surface area (Å²) in [7, 11) is 0. The largest absolute Gasteiger partial charge is 0.462 e. The summed E-state index contributed by atoms with van der Waals surface area (Å²) in [6.45, 7) is 6.28. The highest BCUT2D eigenvalue weighted by Gasteiger charge is 2.13. The normalized spacial score (nSPS) is 11.9. The maximum atomic E-state index is 11.6. The number of nitrogens with zero attached hydrogens (tertiary/aromatic N) is 1. The van der Waals surface area contributed by atoms with Crippen molar-refractivity contribution in [2.24, 2.45) is 0 Å². The second kappa shape index (κ2) is 6.10. The van der Waals surface area contributed by atoms with Gasteiger partial charge >= 0.3 is 5.97 Å². The van der Waals surface area contributed by atoms with Crippen LogP contribution in [0.5, 0.6) is 0 Å². The third kappa shape index (κ3) is 3.22. The van der Waals surface area contributed by atoms with Crippen LogP contribution in [-0.2, 0) is 4.74 Å². The Bertz CT molecular complexity index is 353. The van der Waals surface area contributed by atoms with E-state index in [9.17, 15) is 4.79 Å². The number of carbonyl (C=O) groups excluding carboxylic acids is 1. The van der Waals surface area contributed by atoms with Crippen LogP contribution in [0.1, 0.15) is 37.6 Å². The highest BCUT2D eigenvalue weighted by atomic mass is 16.5. The van der Waals surface area contributed by atoms with E-state index < -0.39 is 0 Å². The number of pyridine rings is 1. The molecular formula is C12H18N2O2. The van der Waals surface area contributed by atoms with Gasteiger partial charge in [0.15, 0.2) is 0 Å². The molecule has 0 aromatic carbocycles. The van der Waals surface area contributed by atoms with Crippen LogP contribution >= 0.6 is 0 Å². The van der Waals surface area contributed by atoms with Gasteiger partial charge < -0.3 is 10.1 Å². The number of hydrogen-bond acceptors (Lipinski definition) is 4. The molecule has 16 heavy (non-hydrogen) atoms. The summed E-state index contributed by atoms with van der Waals surface area (Å²) in [6, 6.07) is 3.73. The molecule has 1 rings (SSSR count). The third-order valence-electron chi connectivity index (χ3n) is 2.30. The lowest BCUT2D eigenvalue weighted by atomic mass is 10.2. The molecule has 1 aromatic rings. The van der Waals surface area contributed by atoms with Crippen molar-refractivity contribution in [3.8, 4) is 0 Å². The first-order valence-corrected chi connectivity index (χ1v) is 5.57. The second-order valence-corrected chi connectivity index (χ2v) is 3.57. The van der Waals surface area contributed by atoms with E-state index in [4.69, 9.17) is 4.74 Å². The standard InChI is InChI=1S/C12H18N2O2/c1-4-9(3)14-11-10(7-6-8-13-11)12(15)16-5-2/h6-9H,4-5H2,1-3H3,(H,13,14). The molecule has 0 aliphatic rings. The Kier molecular flexibility index (Phi) is 4.76. The molecule has 4 nitrogen and oxygen atoms in total. The number of rotatable bonds is 5. The fourth-order valence-electron chi connectivity index (χ4n) is 1.23. The number of ether oxygens (including phenoxy) is 1. The lowest BCUT2D eigenvalue weighted by molar-refractivity contribution is 0.0527. The summed E-state index contributed by atoms with van der Waals surface area (Å²) in [5, 5.41) is 3.19. The van der Waals surface area contributed by atoms with E-state index in [0.29, 0.717) is 18.0 Å². The van der Waals surface area contributed by atoms with Gasteiger partial charge in [0.1, 0.15) is 11.4 Å². The average Bonchev–Trinajstić information content (AvgIpc) is 2.30. The van der Waals surface area contributed by atoms with Crippen LogP contribution in [0.2, 0.25) is 0 Å². The van der Waals surface area contributed by atoms with E-state index >= 15 is 0 Å². The molecular weight excluding hydrogens is 204 g/mol. The predicted octanol–water partition coefficient (Wildman–Crippen LogP) is 2.47. The maximum absolute atomic E-state index is 11.6. The Hall–Kier alpha value is -1.58. The van der Waals surface area contributed by atoms with E-state index in [0.717, 1.165) is 6.42 Å². The summed E-state index contributed by atoms with van der Waals surface area (Å²) < 4.78 is 4.96. The summed E-state index contributed by atoms with van der Waals surface area (Å²) in [5.41, 5.74) is 0.490. The zero-order valence-electron chi connectivity index (χ0n) is 9.99. The maximum Gasteiger partial charge on any atom is 0.341 e. The van der Waals surface area contributed by atoms with E-state index in [1.54, 1.807) is 25.3 Å². The molecule has 4 heteroatoms. The fourth-order valence-corrected chi connectivity index (χ4v) is 1.23. The van der Waals surface area contributed by atoms with Gasteiger partial charge in [-0.25, -0.2) is 9.78 Å². The minimum Gasteiger partial charge on any atom is -0.462 e. The fraction of sp³-hybridized carbons (Fsp3) is 0.500. The van der Waals surface area contributed by atoms with Crippen molar-refractivity contribution in [3.63, 3.8) is 0 Å².